The number of amides is 2. The van der Waals surface area contributed by atoms with Crippen LogP contribution in [0.5, 0.6) is 17.2 Å². The van der Waals surface area contributed by atoms with Gasteiger partial charge in [-0.25, -0.2) is 0 Å². The van der Waals surface area contributed by atoms with Crippen LogP contribution in [0.25, 0.3) is 6.08 Å². The molecule has 2 aromatic carbocycles. The van der Waals surface area contributed by atoms with Gasteiger partial charge in [-0.15, -0.1) is 0 Å². The molecule has 1 N–H and O–H groups in total. The average Bonchev–Trinajstić information content (AvgIpc) is 3.21. The third kappa shape index (κ3) is 5.57. The lowest BCUT2D eigenvalue weighted by molar-refractivity contribution is -0.117. The van der Waals surface area contributed by atoms with Crippen LogP contribution in [0.4, 0.5) is 11.4 Å². The van der Waals surface area contributed by atoms with Gasteiger partial charge >= 0.3 is 0 Å². The van der Waals surface area contributed by atoms with Crippen molar-refractivity contribution in [2.24, 2.45) is 0 Å². The summed E-state index contributed by atoms with van der Waals surface area (Å²) >= 11 is 0. The van der Waals surface area contributed by atoms with E-state index in [9.17, 15) is 9.59 Å². The Kier molecular flexibility index (Phi) is 7.54. The summed E-state index contributed by atoms with van der Waals surface area (Å²) in [5.41, 5.74) is 2.12. The quantitative estimate of drug-likeness (QED) is 0.609. The SMILES string of the molecule is CCCOc1ccc(/C=C/C(=O)Nc2ccc(N3CCCC3=O)c(OC)c2)cc1OC. The van der Waals surface area contributed by atoms with E-state index in [1.54, 1.807) is 43.4 Å². The van der Waals surface area contributed by atoms with Crippen LogP contribution in [-0.2, 0) is 9.59 Å². The number of rotatable bonds is 9. The van der Waals surface area contributed by atoms with Crippen molar-refractivity contribution < 1.29 is 23.8 Å². The van der Waals surface area contributed by atoms with Crippen LogP contribution in [0.2, 0.25) is 0 Å². The summed E-state index contributed by atoms with van der Waals surface area (Å²) in [7, 11) is 3.13. The molecule has 0 radical (unpaired) electrons. The molecule has 1 saturated heterocycles. The highest BCUT2D eigenvalue weighted by Gasteiger charge is 2.24. The number of anilines is 2. The topological polar surface area (TPSA) is 77.1 Å². The second-order valence-corrected chi connectivity index (χ2v) is 7.12. The number of benzene rings is 2. The molecule has 1 heterocycles. The molecule has 1 aliphatic heterocycles. The van der Waals surface area contributed by atoms with Gasteiger partial charge in [0.05, 0.1) is 26.5 Å². The highest BCUT2D eigenvalue weighted by molar-refractivity contribution is 6.03. The Morgan fingerprint density at radius 2 is 1.90 bits per heavy atom. The van der Waals surface area contributed by atoms with Crippen LogP contribution in [-0.4, -0.2) is 39.2 Å². The number of carbonyl (C=O) groups is 2. The van der Waals surface area contributed by atoms with Crippen molar-refractivity contribution in [3.63, 3.8) is 0 Å². The van der Waals surface area contributed by atoms with Gasteiger partial charge in [0.25, 0.3) is 0 Å². The first-order valence-electron chi connectivity index (χ1n) is 10.3. The fraction of sp³-hybridized carbons (Fsp3) is 0.333. The summed E-state index contributed by atoms with van der Waals surface area (Å²) < 4.78 is 16.5. The Balaban J connectivity index is 1.67. The van der Waals surface area contributed by atoms with E-state index in [-0.39, 0.29) is 11.8 Å². The summed E-state index contributed by atoms with van der Waals surface area (Å²) in [6.45, 7) is 3.33. The second-order valence-electron chi connectivity index (χ2n) is 7.12. The molecule has 1 fully saturated rings. The molecule has 0 bridgehead atoms. The lowest BCUT2D eigenvalue weighted by atomic mass is 10.2. The van der Waals surface area contributed by atoms with E-state index in [1.165, 1.54) is 6.08 Å². The van der Waals surface area contributed by atoms with Gasteiger partial charge in [-0.2, -0.15) is 0 Å². The number of hydrogen-bond acceptors (Lipinski definition) is 5. The van der Waals surface area contributed by atoms with Crippen LogP contribution in [0.1, 0.15) is 31.7 Å². The molecule has 2 aromatic rings. The van der Waals surface area contributed by atoms with E-state index in [1.807, 2.05) is 25.1 Å². The van der Waals surface area contributed by atoms with Crippen molar-refractivity contribution in [2.45, 2.75) is 26.2 Å². The predicted octanol–water partition coefficient (Wildman–Crippen LogP) is 4.27. The highest BCUT2D eigenvalue weighted by atomic mass is 16.5. The molecule has 31 heavy (non-hydrogen) atoms. The summed E-state index contributed by atoms with van der Waals surface area (Å²) in [6, 6.07) is 10.8. The van der Waals surface area contributed by atoms with Crippen molar-refractivity contribution in [1.82, 2.24) is 0 Å². The largest absolute Gasteiger partial charge is 0.494 e. The Labute approximate surface area is 182 Å². The van der Waals surface area contributed by atoms with E-state index in [0.29, 0.717) is 42.5 Å². The first kappa shape index (κ1) is 22.2. The Morgan fingerprint density at radius 3 is 2.58 bits per heavy atom. The lowest BCUT2D eigenvalue weighted by Gasteiger charge is -2.19. The zero-order valence-electron chi connectivity index (χ0n) is 18.1. The van der Waals surface area contributed by atoms with Gasteiger partial charge in [0.15, 0.2) is 11.5 Å². The molecular formula is C24H28N2O5. The molecule has 0 atom stereocenters. The van der Waals surface area contributed by atoms with Gasteiger partial charge in [-0.3, -0.25) is 9.59 Å². The fourth-order valence-corrected chi connectivity index (χ4v) is 3.36. The molecule has 7 nitrogen and oxygen atoms in total. The molecule has 0 aromatic heterocycles. The van der Waals surface area contributed by atoms with E-state index >= 15 is 0 Å². The van der Waals surface area contributed by atoms with Gasteiger partial charge < -0.3 is 24.4 Å². The van der Waals surface area contributed by atoms with E-state index in [2.05, 4.69) is 5.32 Å². The summed E-state index contributed by atoms with van der Waals surface area (Å²) in [6.07, 6.45) is 5.44. The molecule has 0 saturated carbocycles. The third-order valence-corrected chi connectivity index (χ3v) is 4.89. The molecule has 0 aliphatic carbocycles. The zero-order valence-corrected chi connectivity index (χ0v) is 18.1. The molecule has 0 spiro atoms. The zero-order chi connectivity index (χ0) is 22.2. The summed E-state index contributed by atoms with van der Waals surface area (Å²) in [5, 5.41) is 2.82. The van der Waals surface area contributed by atoms with Crippen LogP contribution in [0, 0.1) is 0 Å². The van der Waals surface area contributed by atoms with Crippen molar-refractivity contribution >= 4 is 29.3 Å². The van der Waals surface area contributed by atoms with Crippen molar-refractivity contribution in [2.75, 3.05) is 37.6 Å². The van der Waals surface area contributed by atoms with Crippen LogP contribution >= 0.6 is 0 Å². The number of nitrogens with one attached hydrogen (secondary N) is 1. The highest BCUT2D eigenvalue weighted by Crippen LogP contribution is 2.34. The molecule has 164 valence electrons. The number of methoxy groups -OCH3 is 2. The minimum absolute atomic E-state index is 0.0829. The lowest BCUT2D eigenvalue weighted by Crippen LogP contribution is -2.24. The molecule has 0 unspecified atom stereocenters. The van der Waals surface area contributed by atoms with Crippen LogP contribution in [0.3, 0.4) is 0 Å². The standard InChI is InChI=1S/C24H28N2O5/c1-4-14-31-20-11-7-17(15-22(20)30-3)8-12-23(27)25-18-9-10-19(21(16-18)29-2)26-13-5-6-24(26)28/h7-12,15-16H,4-6,13-14H2,1-3H3,(H,25,27)/b12-8+. The fourth-order valence-electron chi connectivity index (χ4n) is 3.36. The Bertz CT molecular complexity index is 970. The third-order valence-electron chi connectivity index (χ3n) is 4.89. The van der Waals surface area contributed by atoms with E-state index < -0.39 is 0 Å². The van der Waals surface area contributed by atoms with Crippen LogP contribution < -0.4 is 24.4 Å². The van der Waals surface area contributed by atoms with Gasteiger partial charge in [0.1, 0.15) is 5.75 Å². The van der Waals surface area contributed by atoms with Gasteiger partial charge in [-0.1, -0.05) is 13.0 Å². The van der Waals surface area contributed by atoms with Gasteiger partial charge in [0.2, 0.25) is 11.8 Å². The minimum atomic E-state index is -0.280. The normalized spacial score (nSPS) is 13.5. The number of hydrogen-bond donors (Lipinski definition) is 1. The van der Waals surface area contributed by atoms with Gasteiger partial charge in [0, 0.05) is 30.8 Å². The second kappa shape index (κ2) is 10.5. The van der Waals surface area contributed by atoms with Crippen molar-refractivity contribution in [3.8, 4) is 17.2 Å². The number of carbonyl (C=O) groups excluding carboxylic acids is 2. The van der Waals surface area contributed by atoms with Gasteiger partial charge in [-0.05, 0) is 48.7 Å². The molecule has 3 rings (SSSR count). The summed E-state index contributed by atoms with van der Waals surface area (Å²) in [4.78, 5) is 26.1. The average molecular weight is 424 g/mol. The molecule has 2 amide bonds. The maximum atomic E-state index is 12.4. The van der Waals surface area contributed by atoms with Crippen LogP contribution in [0.15, 0.2) is 42.5 Å². The molecule has 1 aliphatic rings. The molecule has 7 heteroatoms. The number of nitrogens with zero attached hydrogens (tertiary/aromatic N) is 1. The Hall–Kier alpha value is -3.48. The first-order chi connectivity index (χ1) is 15.0. The Morgan fingerprint density at radius 1 is 1.10 bits per heavy atom. The van der Waals surface area contributed by atoms with Crippen molar-refractivity contribution in [3.05, 3.63) is 48.0 Å². The van der Waals surface area contributed by atoms with E-state index in [0.717, 1.165) is 24.1 Å². The maximum Gasteiger partial charge on any atom is 0.248 e. The minimum Gasteiger partial charge on any atom is -0.494 e. The maximum absolute atomic E-state index is 12.4. The smallest absolute Gasteiger partial charge is 0.248 e. The molecular weight excluding hydrogens is 396 g/mol. The monoisotopic (exact) mass is 424 g/mol. The number of ether oxygens (including phenoxy) is 3. The van der Waals surface area contributed by atoms with Crippen molar-refractivity contribution in [1.29, 1.82) is 0 Å². The predicted molar refractivity (Wildman–Crippen MR) is 121 cm³/mol. The summed E-state index contributed by atoms with van der Waals surface area (Å²) in [5.74, 6) is 1.64. The van der Waals surface area contributed by atoms with E-state index in [4.69, 9.17) is 14.2 Å². The first-order valence-corrected chi connectivity index (χ1v) is 10.3.